The Labute approximate surface area is 109 Å². The number of carbonyl (C=O) groups excluding carboxylic acids is 1. The molecule has 1 aliphatic rings. The lowest BCUT2D eigenvalue weighted by atomic mass is 10.1. The first kappa shape index (κ1) is 13.2. The number of morpholine rings is 1. The Morgan fingerprint density at radius 2 is 1.78 bits per heavy atom. The van der Waals surface area contributed by atoms with Gasteiger partial charge in [-0.1, -0.05) is 24.3 Å². The van der Waals surface area contributed by atoms with Gasteiger partial charge in [-0.25, -0.2) is 0 Å². The van der Waals surface area contributed by atoms with E-state index in [0.717, 1.165) is 25.3 Å². The van der Waals surface area contributed by atoms with Gasteiger partial charge in [0.15, 0.2) is 5.78 Å². The van der Waals surface area contributed by atoms with Crippen LogP contribution in [0.2, 0.25) is 0 Å². The van der Waals surface area contributed by atoms with E-state index in [2.05, 4.69) is 18.7 Å². The maximum Gasteiger partial charge on any atom is 0.159 e. The largest absolute Gasteiger partial charge is 0.378 e. The monoisotopic (exact) mass is 247 g/mol. The quantitative estimate of drug-likeness (QED) is 0.769. The Bertz CT molecular complexity index is 403. The van der Waals surface area contributed by atoms with E-state index < -0.39 is 0 Å². The average Bonchev–Trinajstić information content (AvgIpc) is 2.34. The molecule has 0 bridgehead atoms. The van der Waals surface area contributed by atoms with Gasteiger partial charge in [0.1, 0.15) is 0 Å². The highest BCUT2D eigenvalue weighted by atomic mass is 16.5. The summed E-state index contributed by atoms with van der Waals surface area (Å²) < 4.78 is 5.53. The highest BCUT2D eigenvalue weighted by Gasteiger charge is 2.25. The molecule has 0 N–H and O–H groups in total. The van der Waals surface area contributed by atoms with Gasteiger partial charge >= 0.3 is 0 Å². The highest BCUT2D eigenvalue weighted by Crippen LogP contribution is 2.17. The third-order valence-corrected chi connectivity index (χ3v) is 3.58. The van der Waals surface area contributed by atoms with Gasteiger partial charge < -0.3 is 4.74 Å². The van der Waals surface area contributed by atoms with Crippen molar-refractivity contribution in [1.82, 2.24) is 4.90 Å². The van der Waals surface area contributed by atoms with Crippen LogP contribution in [0.25, 0.3) is 0 Å². The predicted octanol–water partition coefficient (Wildman–Crippen LogP) is 2.50. The minimum absolute atomic E-state index is 0.120. The molecule has 1 aliphatic heterocycles. The van der Waals surface area contributed by atoms with Gasteiger partial charge in [-0.2, -0.15) is 0 Å². The SMILES string of the molecule is CC(=O)c1ccc(CN2C(C)COCC2C)cc1. The normalized spacial score (nSPS) is 25.1. The fourth-order valence-electron chi connectivity index (χ4n) is 2.40. The molecular formula is C15H21NO2. The van der Waals surface area contributed by atoms with E-state index in [1.165, 1.54) is 5.56 Å². The molecule has 3 nitrogen and oxygen atoms in total. The van der Waals surface area contributed by atoms with Gasteiger partial charge in [0.25, 0.3) is 0 Å². The molecule has 0 radical (unpaired) electrons. The third kappa shape index (κ3) is 2.98. The molecule has 0 spiro atoms. The van der Waals surface area contributed by atoms with Crippen LogP contribution in [0.4, 0.5) is 0 Å². The fraction of sp³-hybridized carbons (Fsp3) is 0.533. The summed E-state index contributed by atoms with van der Waals surface area (Å²) in [5, 5.41) is 0. The second kappa shape index (κ2) is 5.63. The van der Waals surface area contributed by atoms with E-state index in [9.17, 15) is 4.79 Å². The van der Waals surface area contributed by atoms with Crippen molar-refractivity contribution in [3.05, 3.63) is 35.4 Å². The molecule has 3 heteroatoms. The maximum atomic E-state index is 11.2. The van der Waals surface area contributed by atoms with Crippen molar-refractivity contribution >= 4 is 5.78 Å². The molecular weight excluding hydrogens is 226 g/mol. The van der Waals surface area contributed by atoms with Crippen molar-refractivity contribution in [2.75, 3.05) is 13.2 Å². The zero-order chi connectivity index (χ0) is 13.1. The van der Waals surface area contributed by atoms with Crippen LogP contribution in [0, 0.1) is 0 Å². The lowest BCUT2D eigenvalue weighted by Gasteiger charge is -2.38. The first-order chi connectivity index (χ1) is 8.58. The molecule has 1 saturated heterocycles. The van der Waals surface area contributed by atoms with Crippen molar-refractivity contribution in [1.29, 1.82) is 0 Å². The first-order valence-electron chi connectivity index (χ1n) is 6.51. The van der Waals surface area contributed by atoms with Crippen LogP contribution in [-0.4, -0.2) is 36.0 Å². The Morgan fingerprint density at radius 3 is 2.28 bits per heavy atom. The molecule has 1 aromatic carbocycles. The van der Waals surface area contributed by atoms with E-state index in [1.807, 2.05) is 24.3 Å². The third-order valence-electron chi connectivity index (χ3n) is 3.58. The molecule has 2 unspecified atom stereocenters. The number of hydrogen-bond acceptors (Lipinski definition) is 3. The summed E-state index contributed by atoms with van der Waals surface area (Å²) in [6, 6.07) is 8.81. The summed E-state index contributed by atoms with van der Waals surface area (Å²) in [6.07, 6.45) is 0. The second-order valence-electron chi connectivity index (χ2n) is 5.16. The lowest BCUT2D eigenvalue weighted by Crippen LogP contribution is -2.48. The zero-order valence-electron chi connectivity index (χ0n) is 11.3. The molecule has 2 rings (SSSR count). The topological polar surface area (TPSA) is 29.5 Å². The smallest absolute Gasteiger partial charge is 0.159 e. The maximum absolute atomic E-state index is 11.2. The van der Waals surface area contributed by atoms with Crippen LogP contribution in [0.5, 0.6) is 0 Å². The molecule has 0 amide bonds. The van der Waals surface area contributed by atoms with Crippen LogP contribution >= 0.6 is 0 Å². The van der Waals surface area contributed by atoms with Gasteiger partial charge in [-0.05, 0) is 26.3 Å². The van der Waals surface area contributed by atoms with Crippen LogP contribution < -0.4 is 0 Å². The predicted molar refractivity (Wildman–Crippen MR) is 71.7 cm³/mol. The van der Waals surface area contributed by atoms with E-state index >= 15 is 0 Å². The van der Waals surface area contributed by atoms with Crippen LogP contribution in [0.15, 0.2) is 24.3 Å². The molecule has 0 saturated carbocycles. The average molecular weight is 247 g/mol. The molecule has 0 aliphatic carbocycles. The Kier molecular flexibility index (Phi) is 4.15. The van der Waals surface area contributed by atoms with Crippen molar-refractivity contribution < 1.29 is 9.53 Å². The van der Waals surface area contributed by atoms with Crippen molar-refractivity contribution in [2.45, 2.75) is 39.4 Å². The second-order valence-corrected chi connectivity index (χ2v) is 5.16. The Hall–Kier alpha value is -1.19. The van der Waals surface area contributed by atoms with Crippen LogP contribution in [-0.2, 0) is 11.3 Å². The minimum Gasteiger partial charge on any atom is -0.378 e. The molecule has 1 aromatic rings. The van der Waals surface area contributed by atoms with Crippen LogP contribution in [0.1, 0.15) is 36.7 Å². The highest BCUT2D eigenvalue weighted by molar-refractivity contribution is 5.93. The summed E-state index contributed by atoms with van der Waals surface area (Å²) in [7, 11) is 0. The molecule has 0 aromatic heterocycles. The number of ketones is 1. The fourth-order valence-corrected chi connectivity index (χ4v) is 2.40. The van der Waals surface area contributed by atoms with Gasteiger partial charge in [0, 0.05) is 24.2 Å². The standard InChI is InChI=1S/C15H21NO2/c1-11-9-18-10-12(2)16(11)8-14-4-6-15(7-5-14)13(3)17/h4-7,11-12H,8-10H2,1-3H3. The Morgan fingerprint density at radius 1 is 1.22 bits per heavy atom. The number of carbonyl (C=O) groups is 1. The number of ether oxygens (including phenoxy) is 1. The molecule has 1 heterocycles. The molecule has 18 heavy (non-hydrogen) atoms. The van der Waals surface area contributed by atoms with Gasteiger partial charge in [0.05, 0.1) is 13.2 Å². The zero-order valence-corrected chi connectivity index (χ0v) is 11.3. The van der Waals surface area contributed by atoms with Crippen LogP contribution in [0.3, 0.4) is 0 Å². The van der Waals surface area contributed by atoms with Crippen molar-refractivity contribution in [3.8, 4) is 0 Å². The molecule has 2 atom stereocenters. The van der Waals surface area contributed by atoms with Crippen molar-refractivity contribution in [3.63, 3.8) is 0 Å². The minimum atomic E-state index is 0.120. The first-order valence-corrected chi connectivity index (χ1v) is 6.51. The summed E-state index contributed by atoms with van der Waals surface area (Å²) in [6.45, 7) is 8.51. The number of benzene rings is 1. The van der Waals surface area contributed by atoms with Crippen molar-refractivity contribution in [2.24, 2.45) is 0 Å². The summed E-state index contributed by atoms with van der Waals surface area (Å²) >= 11 is 0. The number of Topliss-reactive ketones (excluding diaryl/α,β-unsaturated/α-hetero) is 1. The van der Waals surface area contributed by atoms with Gasteiger partial charge in [0.2, 0.25) is 0 Å². The Balaban J connectivity index is 2.06. The van der Waals surface area contributed by atoms with E-state index in [-0.39, 0.29) is 5.78 Å². The number of rotatable bonds is 3. The number of hydrogen-bond donors (Lipinski definition) is 0. The van der Waals surface area contributed by atoms with E-state index in [0.29, 0.717) is 12.1 Å². The summed E-state index contributed by atoms with van der Waals surface area (Å²) in [5.74, 6) is 0.120. The van der Waals surface area contributed by atoms with E-state index in [1.54, 1.807) is 6.92 Å². The van der Waals surface area contributed by atoms with E-state index in [4.69, 9.17) is 4.74 Å². The summed E-state index contributed by atoms with van der Waals surface area (Å²) in [5.41, 5.74) is 2.03. The lowest BCUT2D eigenvalue weighted by molar-refractivity contribution is -0.0409. The number of nitrogens with zero attached hydrogens (tertiary/aromatic N) is 1. The van der Waals surface area contributed by atoms with Gasteiger partial charge in [-0.3, -0.25) is 9.69 Å². The molecule has 1 fully saturated rings. The van der Waals surface area contributed by atoms with Gasteiger partial charge in [-0.15, -0.1) is 0 Å². The summed E-state index contributed by atoms with van der Waals surface area (Å²) in [4.78, 5) is 13.7. The molecule has 98 valence electrons.